The summed E-state index contributed by atoms with van der Waals surface area (Å²) in [7, 11) is 0. The molecule has 0 N–H and O–H groups in total. The summed E-state index contributed by atoms with van der Waals surface area (Å²) in [6, 6.07) is 9.15. The molecular weight excluding hydrogens is 190 g/mol. The van der Waals surface area contributed by atoms with E-state index in [1.165, 1.54) is 0 Å². The van der Waals surface area contributed by atoms with E-state index in [0.29, 0.717) is 5.56 Å². The number of esters is 1. The standard InChI is InChI=1S/C12H13NO2/c1-9(2)12(14)15-8-11-6-4-3-5-10(11)7-13/h3-6,9H,8H2,1-2H3. The van der Waals surface area contributed by atoms with Gasteiger partial charge in [-0.05, 0) is 6.07 Å². The summed E-state index contributed by atoms with van der Waals surface area (Å²) < 4.78 is 5.04. The van der Waals surface area contributed by atoms with Crippen LogP contribution in [0.25, 0.3) is 0 Å². The molecule has 0 aliphatic rings. The smallest absolute Gasteiger partial charge is 0.308 e. The van der Waals surface area contributed by atoms with Crippen molar-refractivity contribution in [2.75, 3.05) is 0 Å². The lowest BCUT2D eigenvalue weighted by atomic mass is 10.1. The second kappa shape index (κ2) is 5.16. The number of carbonyl (C=O) groups is 1. The van der Waals surface area contributed by atoms with Gasteiger partial charge in [0.25, 0.3) is 0 Å². The van der Waals surface area contributed by atoms with Crippen molar-refractivity contribution in [2.45, 2.75) is 20.5 Å². The third-order valence-electron chi connectivity index (χ3n) is 1.98. The number of hydrogen-bond acceptors (Lipinski definition) is 3. The number of rotatable bonds is 3. The third kappa shape index (κ3) is 3.10. The van der Waals surface area contributed by atoms with Crippen LogP contribution in [0, 0.1) is 17.2 Å². The quantitative estimate of drug-likeness (QED) is 0.708. The van der Waals surface area contributed by atoms with Crippen molar-refractivity contribution in [3.63, 3.8) is 0 Å². The van der Waals surface area contributed by atoms with Gasteiger partial charge in [0.2, 0.25) is 0 Å². The topological polar surface area (TPSA) is 50.1 Å². The maximum Gasteiger partial charge on any atom is 0.308 e. The Bertz CT molecular complexity index is 391. The Morgan fingerprint density at radius 2 is 2.13 bits per heavy atom. The second-order valence-corrected chi connectivity index (χ2v) is 3.53. The molecule has 1 rings (SSSR count). The molecule has 0 unspecified atom stereocenters. The van der Waals surface area contributed by atoms with E-state index in [4.69, 9.17) is 10.00 Å². The fourth-order valence-electron chi connectivity index (χ4n) is 1.07. The van der Waals surface area contributed by atoms with Gasteiger partial charge < -0.3 is 4.74 Å². The fourth-order valence-corrected chi connectivity index (χ4v) is 1.07. The van der Waals surface area contributed by atoms with Gasteiger partial charge >= 0.3 is 5.97 Å². The predicted molar refractivity (Wildman–Crippen MR) is 55.8 cm³/mol. The van der Waals surface area contributed by atoms with Crippen LogP contribution in [-0.2, 0) is 16.1 Å². The molecule has 0 aliphatic carbocycles. The van der Waals surface area contributed by atoms with Gasteiger partial charge in [0.15, 0.2) is 0 Å². The molecule has 0 saturated heterocycles. The molecule has 0 atom stereocenters. The van der Waals surface area contributed by atoms with E-state index in [1.807, 2.05) is 6.07 Å². The molecule has 0 saturated carbocycles. The average molecular weight is 203 g/mol. The molecule has 0 spiro atoms. The Morgan fingerprint density at radius 1 is 1.47 bits per heavy atom. The first-order valence-electron chi connectivity index (χ1n) is 4.79. The van der Waals surface area contributed by atoms with Crippen LogP contribution in [0.1, 0.15) is 25.0 Å². The number of ether oxygens (including phenoxy) is 1. The Hall–Kier alpha value is -1.82. The number of hydrogen-bond donors (Lipinski definition) is 0. The van der Waals surface area contributed by atoms with Crippen molar-refractivity contribution in [3.8, 4) is 6.07 Å². The minimum absolute atomic E-state index is 0.140. The highest BCUT2D eigenvalue weighted by Crippen LogP contribution is 2.09. The summed E-state index contributed by atoms with van der Waals surface area (Å²) in [5, 5.41) is 8.80. The summed E-state index contributed by atoms with van der Waals surface area (Å²) in [6.45, 7) is 3.72. The number of nitrogens with zero attached hydrogens (tertiary/aromatic N) is 1. The minimum atomic E-state index is -0.247. The van der Waals surface area contributed by atoms with Crippen LogP contribution >= 0.6 is 0 Å². The first-order valence-corrected chi connectivity index (χ1v) is 4.79. The molecule has 1 aromatic rings. The fraction of sp³-hybridized carbons (Fsp3) is 0.333. The first kappa shape index (κ1) is 11.3. The van der Waals surface area contributed by atoms with Crippen LogP contribution in [0.2, 0.25) is 0 Å². The molecule has 1 aromatic carbocycles. The predicted octanol–water partition coefficient (Wildman–Crippen LogP) is 2.26. The molecule has 3 nitrogen and oxygen atoms in total. The van der Waals surface area contributed by atoms with E-state index < -0.39 is 0 Å². The third-order valence-corrected chi connectivity index (χ3v) is 1.98. The molecule has 0 aliphatic heterocycles. The maximum absolute atomic E-state index is 11.2. The number of benzene rings is 1. The van der Waals surface area contributed by atoms with Gasteiger partial charge in [-0.2, -0.15) is 5.26 Å². The molecule has 0 heterocycles. The first-order chi connectivity index (χ1) is 7.15. The lowest BCUT2D eigenvalue weighted by molar-refractivity contribution is -0.148. The van der Waals surface area contributed by atoms with Crippen LogP contribution in [0.15, 0.2) is 24.3 Å². The van der Waals surface area contributed by atoms with Crippen molar-refractivity contribution < 1.29 is 9.53 Å². The van der Waals surface area contributed by atoms with E-state index in [9.17, 15) is 4.79 Å². The van der Waals surface area contributed by atoms with Gasteiger partial charge in [-0.3, -0.25) is 4.79 Å². The SMILES string of the molecule is CC(C)C(=O)OCc1ccccc1C#N. The van der Waals surface area contributed by atoms with Crippen molar-refractivity contribution in [2.24, 2.45) is 5.92 Å². The lowest BCUT2D eigenvalue weighted by Crippen LogP contribution is -2.11. The normalized spacial score (nSPS) is 9.73. The average Bonchev–Trinajstić information content (AvgIpc) is 2.26. The summed E-state index contributed by atoms with van der Waals surface area (Å²) in [5.41, 5.74) is 1.29. The molecule has 15 heavy (non-hydrogen) atoms. The van der Waals surface area contributed by atoms with Gasteiger partial charge in [0.05, 0.1) is 17.6 Å². The van der Waals surface area contributed by atoms with Gasteiger partial charge in [-0.15, -0.1) is 0 Å². The Labute approximate surface area is 89.3 Å². The Morgan fingerprint density at radius 3 is 2.73 bits per heavy atom. The van der Waals surface area contributed by atoms with Gasteiger partial charge in [-0.1, -0.05) is 32.0 Å². The molecule has 0 amide bonds. The van der Waals surface area contributed by atoms with Gasteiger partial charge in [-0.25, -0.2) is 0 Å². The highest BCUT2D eigenvalue weighted by Gasteiger charge is 2.09. The minimum Gasteiger partial charge on any atom is -0.461 e. The summed E-state index contributed by atoms with van der Waals surface area (Å²) in [6.07, 6.45) is 0. The lowest BCUT2D eigenvalue weighted by Gasteiger charge is -2.07. The monoisotopic (exact) mass is 203 g/mol. The largest absolute Gasteiger partial charge is 0.461 e. The Balaban J connectivity index is 2.66. The zero-order chi connectivity index (χ0) is 11.3. The van der Waals surface area contributed by atoms with E-state index in [2.05, 4.69) is 6.07 Å². The highest BCUT2D eigenvalue weighted by atomic mass is 16.5. The van der Waals surface area contributed by atoms with E-state index in [1.54, 1.807) is 32.0 Å². The zero-order valence-corrected chi connectivity index (χ0v) is 8.86. The second-order valence-electron chi connectivity index (χ2n) is 3.53. The van der Waals surface area contributed by atoms with E-state index in [0.717, 1.165) is 5.56 Å². The van der Waals surface area contributed by atoms with Crippen LogP contribution < -0.4 is 0 Å². The van der Waals surface area contributed by atoms with Crippen molar-refractivity contribution in [3.05, 3.63) is 35.4 Å². The number of nitriles is 1. The van der Waals surface area contributed by atoms with Gasteiger partial charge in [0.1, 0.15) is 6.61 Å². The molecule has 0 radical (unpaired) electrons. The number of carbonyl (C=O) groups excluding carboxylic acids is 1. The Kier molecular flexibility index (Phi) is 3.87. The summed E-state index contributed by atoms with van der Waals surface area (Å²) in [5.74, 6) is -0.387. The highest BCUT2D eigenvalue weighted by molar-refractivity contribution is 5.71. The van der Waals surface area contributed by atoms with Crippen molar-refractivity contribution in [1.82, 2.24) is 0 Å². The van der Waals surface area contributed by atoms with Crippen LogP contribution in [0.3, 0.4) is 0 Å². The molecule has 78 valence electrons. The molecule has 3 heteroatoms. The summed E-state index contributed by atoms with van der Waals surface area (Å²) >= 11 is 0. The van der Waals surface area contributed by atoms with E-state index in [-0.39, 0.29) is 18.5 Å². The molecule has 0 fully saturated rings. The van der Waals surface area contributed by atoms with E-state index >= 15 is 0 Å². The van der Waals surface area contributed by atoms with Crippen LogP contribution in [0.4, 0.5) is 0 Å². The summed E-state index contributed by atoms with van der Waals surface area (Å²) in [4.78, 5) is 11.2. The molecule has 0 bridgehead atoms. The van der Waals surface area contributed by atoms with Crippen molar-refractivity contribution >= 4 is 5.97 Å². The van der Waals surface area contributed by atoms with Crippen LogP contribution in [-0.4, -0.2) is 5.97 Å². The van der Waals surface area contributed by atoms with Gasteiger partial charge in [0, 0.05) is 5.56 Å². The van der Waals surface area contributed by atoms with Crippen molar-refractivity contribution in [1.29, 1.82) is 5.26 Å². The molecular formula is C12H13NO2. The maximum atomic E-state index is 11.2. The van der Waals surface area contributed by atoms with Crippen LogP contribution in [0.5, 0.6) is 0 Å². The molecule has 0 aromatic heterocycles. The zero-order valence-electron chi connectivity index (χ0n) is 8.86.